The van der Waals surface area contributed by atoms with Crippen LogP contribution in [-0.2, 0) is 9.47 Å². The number of ether oxygens (including phenoxy) is 2. The fraction of sp³-hybridized carbons (Fsp3) is 0.600. The summed E-state index contributed by atoms with van der Waals surface area (Å²) in [5.74, 6) is 0.162. The molecule has 0 aliphatic carbocycles. The summed E-state index contributed by atoms with van der Waals surface area (Å²) < 4.78 is 16.6. The maximum atomic E-state index is 12.3. The number of hydrogen-bond donors (Lipinski definition) is 0. The normalized spacial score (nSPS) is 29.0. The molecule has 2 fully saturated rings. The van der Waals surface area contributed by atoms with Gasteiger partial charge in [-0.25, -0.2) is 0 Å². The van der Waals surface area contributed by atoms with E-state index < -0.39 is 0 Å². The maximum Gasteiger partial charge on any atom is 0.292 e. The first-order chi connectivity index (χ1) is 10.2. The van der Waals surface area contributed by atoms with Crippen molar-refractivity contribution in [2.24, 2.45) is 0 Å². The molecular weight excluding hydrogens is 272 g/mol. The van der Waals surface area contributed by atoms with E-state index in [2.05, 4.69) is 11.7 Å². The quantitative estimate of drug-likeness (QED) is 0.789. The van der Waals surface area contributed by atoms with Crippen molar-refractivity contribution < 1.29 is 18.8 Å². The minimum atomic E-state index is -0.278. The van der Waals surface area contributed by atoms with Gasteiger partial charge in [0.25, 0.3) is 5.91 Å². The van der Waals surface area contributed by atoms with Crippen molar-refractivity contribution in [1.82, 2.24) is 10.1 Å². The molecule has 2 saturated heterocycles. The molecule has 0 saturated carbocycles. The Morgan fingerprint density at radius 3 is 3.33 bits per heavy atom. The number of nitrogens with zero attached hydrogens (tertiary/aromatic N) is 2. The van der Waals surface area contributed by atoms with Gasteiger partial charge in [0.2, 0.25) is 5.76 Å². The number of carbonyl (C=O) groups is 1. The van der Waals surface area contributed by atoms with Crippen LogP contribution in [0.4, 0.5) is 0 Å². The molecule has 3 rings (SSSR count). The Kier molecular flexibility index (Phi) is 4.07. The zero-order valence-corrected chi connectivity index (χ0v) is 12.0. The predicted octanol–water partition coefficient (Wildman–Crippen LogP) is 1.64. The molecule has 1 aromatic rings. The van der Waals surface area contributed by atoms with E-state index in [4.69, 9.17) is 14.0 Å². The summed E-state index contributed by atoms with van der Waals surface area (Å²) in [4.78, 5) is 14.1. The van der Waals surface area contributed by atoms with Crippen molar-refractivity contribution in [1.29, 1.82) is 0 Å². The minimum absolute atomic E-state index is 0.0864. The van der Waals surface area contributed by atoms with Crippen LogP contribution in [0.1, 0.15) is 29.8 Å². The lowest BCUT2D eigenvalue weighted by Gasteiger charge is -2.39. The van der Waals surface area contributed by atoms with Crippen molar-refractivity contribution in [3.05, 3.63) is 30.7 Å². The molecule has 1 spiro atoms. The summed E-state index contributed by atoms with van der Waals surface area (Å²) in [6.07, 6.45) is 6.02. The summed E-state index contributed by atoms with van der Waals surface area (Å²) in [7, 11) is 0. The molecule has 2 aliphatic heterocycles. The molecule has 2 aliphatic rings. The Balaban J connectivity index is 1.63. The molecule has 0 unspecified atom stereocenters. The Bertz CT molecular complexity index is 502. The van der Waals surface area contributed by atoms with E-state index in [0.29, 0.717) is 19.8 Å². The summed E-state index contributed by atoms with van der Waals surface area (Å²) >= 11 is 0. The van der Waals surface area contributed by atoms with E-state index >= 15 is 0 Å². The molecule has 2 atom stereocenters. The average molecular weight is 292 g/mol. The van der Waals surface area contributed by atoms with Gasteiger partial charge in [-0.3, -0.25) is 4.79 Å². The first kappa shape index (κ1) is 14.3. The first-order valence-corrected chi connectivity index (χ1v) is 7.29. The highest BCUT2D eigenvalue weighted by molar-refractivity contribution is 5.91. The highest BCUT2D eigenvalue weighted by Gasteiger charge is 2.45. The third-order valence-corrected chi connectivity index (χ3v) is 4.10. The van der Waals surface area contributed by atoms with Crippen LogP contribution < -0.4 is 0 Å². The number of hydrogen-bond acceptors (Lipinski definition) is 5. The standard InChI is InChI=1S/C15H20N2O4/c1-2-8-19-12-9-15(20-10-12)5-3-7-17(11-15)14(18)13-4-6-16-21-13/h2,4,6,12H,1,3,5,7-11H2/t12-,15+/m0/s1. The van der Waals surface area contributed by atoms with Crippen LogP contribution in [0.3, 0.4) is 0 Å². The highest BCUT2D eigenvalue weighted by atomic mass is 16.6. The van der Waals surface area contributed by atoms with Gasteiger partial charge in [-0.1, -0.05) is 11.2 Å². The molecule has 6 heteroatoms. The van der Waals surface area contributed by atoms with Crippen molar-refractivity contribution in [2.45, 2.75) is 31.0 Å². The van der Waals surface area contributed by atoms with Gasteiger partial charge in [0.15, 0.2) is 0 Å². The Morgan fingerprint density at radius 1 is 1.67 bits per heavy atom. The Hall–Kier alpha value is -1.66. The molecule has 6 nitrogen and oxygen atoms in total. The predicted molar refractivity (Wildman–Crippen MR) is 74.9 cm³/mol. The fourth-order valence-corrected chi connectivity index (χ4v) is 3.15. The number of likely N-dealkylation sites (tertiary alicyclic amines) is 1. The lowest BCUT2D eigenvalue weighted by Crippen LogP contribution is -2.50. The van der Waals surface area contributed by atoms with E-state index in [1.807, 2.05) is 0 Å². The Morgan fingerprint density at radius 2 is 2.57 bits per heavy atom. The number of carbonyl (C=O) groups excluding carboxylic acids is 1. The topological polar surface area (TPSA) is 64.8 Å². The second-order valence-corrected chi connectivity index (χ2v) is 5.65. The number of amides is 1. The van der Waals surface area contributed by atoms with Gasteiger partial charge in [-0.05, 0) is 12.8 Å². The van der Waals surface area contributed by atoms with Crippen molar-refractivity contribution in [3.8, 4) is 0 Å². The van der Waals surface area contributed by atoms with Crippen LogP contribution in [0.2, 0.25) is 0 Å². The van der Waals surface area contributed by atoms with Crippen LogP contribution in [0.25, 0.3) is 0 Å². The summed E-state index contributed by atoms with van der Waals surface area (Å²) in [5, 5.41) is 3.59. The zero-order valence-electron chi connectivity index (χ0n) is 12.0. The minimum Gasteiger partial charge on any atom is -0.372 e. The molecule has 3 heterocycles. The van der Waals surface area contributed by atoms with Gasteiger partial charge >= 0.3 is 0 Å². The lowest BCUT2D eigenvalue weighted by atomic mass is 9.89. The summed E-state index contributed by atoms with van der Waals surface area (Å²) in [6, 6.07) is 1.59. The van der Waals surface area contributed by atoms with E-state index in [9.17, 15) is 4.79 Å². The second-order valence-electron chi connectivity index (χ2n) is 5.65. The van der Waals surface area contributed by atoms with Gasteiger partial charge in [0.1, 0.15) is 0 Å². The molecule has 21 heavy (non-hydrogen) atoms. The van der Waals surface area contributed by atoms with E-state index in [1.54, 1.807) is 17.0 Å². The molecule has 0 aromatic carbocycles. The van der Waals surface area contributed by atoms with Gasteiger partial charge in [0, 0.05) is 19.0 Å². The van der Waals surface area contributed by atoms with Gasteiger partial charge in [-0.2, -0.15) is 0 Å². The maximum absolute atomic E-state index is 12.3. The van der Waals surface area contributed by atoms with Crippen LogP contribution >= 0.6 is 0 Å². The van der Waals surface area contributed by atoms with Gasteiger partial charge < -0.3 is 18.9 Å². The SMILES string of the molecule is C=CCO[C@@H]1CO[C@]2(CCCN(C(=O)c3ccno3)C2)C1. The number of rotatable bonds is 4. The third-order valence-electron chi connectivity index (χ3n) is 4.10. The van der Waals surface area contributed by atoms with Gasteiger partial charge in [0.05, 0.1) is 37.7 Å². The van der Waals surface area contributed by atoms with Gasteiger partial charge in [-0.15, -0.1) is 6.58 Å². The highest BCUT2D eigenvalue weighted by Crippen LogP contribution is 2.36. The van der Waals surface area contributed by atoms with E-state index in [-0.39, 0.29) is 23.4 Å². The van der Waals surface area contributed by atoms with Crippen LogP contribution in [0, 0.1) is 0 Å². The molecule has 114 valence electrons. The van der Waals surface area contributed by atoms with Crippen LogP contribution in [0.15, 0.2) is 29.4 Å². The molecule has 0 N–H and O–H groups in total. The average Bonchev–Trinajstić information content (AvgIpc) is 3.15. The Labute approximate surface area is 123 Å². The van der Waals surface area contributed by atoms with Crippen LogP contribution in [-0.4, -0.2) is 54.0 Å². The third kappa shape index (κ3) is 3.01. The van der Waals surface area contributed by atoms with Crippen molar-refractivity contribution in [3.63, 3.8) is 0 Å². The van der Waals surface area contributed by atoms with Crippen molar-refractivity contribution >= 4 is 5.91 Å². The number of aromatic nitrogens is 1. The van der Waals surface area contributed by atoms with Crippen LogP contribution in [0.5, 0.6) is 0 Å². The lowest BCUT2D eigenvalue weighted by molar-refractivity contribution is -0.0467. The second kappa shape index (κ2) is 5.99. The zero-order chi connectivity index (χ0) is 14.7. The largest absolute Gasteiger partial charge is 0.372 e. The van der Waals surface area contributed by atoms with Crippen molar-refractivity contribution in [2.75, 3.05) is 26.3 Å². The summed E-state index contributed by atoms with van der Waals surface area (Å²) in [5.41, 5.74) is -0.278. The first-order valence-electron chi connectivity index (χ1n) is 7.29. The van der Waals surface area contributed by atoms with E-state index in [0.717, 1.165) is 25.8 Å². The number of piperidine rings is 1. The monoisotopic (exact) mass is 292 g/mol. The van der Waals surface area contributed by atoms with E-state index in [1.165, 1.54) is 6.20 Å². The molecule has 0 radical (unpaired) electrons. The smallest absolute Gasteiger partial charge is 0.292 e. The molecule has 0 bridgehead atoms. The molecular formula is C15H20N2O4. The summed E-state index contributed by atoms with van der Waals surface area (Å²) in [6.45, 7) is 6.08. The molecule has 1 amide bonds. The molecule has 1 aromatic heterocycles. The fourth-order valence-electron chi connectivity index (χ4n) is 3.15.